The van der Waals surface area contributed by atoms with Crippen molar-refractivity contribution in [2.45, 2.75) is 39.0 Å². The highest BCUT2D eigenvalue weighted by atomic mass is 16.7. The molecule has 0 bridgehead atoms. The molecule has 4 heteroatoms. The lowest BCUT2D eigenvalue weighted by Gasteiger charge is -2.03. The van der Waals surface area contributed by atoms with E-state index in [1.165, 1.54) is 0 Å². The van der Waals surface area contributed by atoms with Gasteiger partial charge in [0, 0.05) is 0 Å². The molecule has 0 fully saturated rings. The van der Waals surface area contributed by atoms with E-state index in [0.29, 0.717) is 6.61 Å². The first-order valence-corrected chi connectivity index (χ1v) is 4.97. The zero-order valence-electron chi connectivity index (χ0n) is 8.62. The number of hydrogen-bond donors (Lipinski definition) is 0. The van der Waals surface area contributed by atoms with E-state index >= 15 is 0 Å². The van der Waals surface area contributed by atoms with Crippen molar-refractivity contribution in [3.05, 3.63) is 0 Å². The molecule has 0 atom stereocenters. The topological polar surface area (TPSA) is 59.3 Å². The summed E-state index contributed by atoms with van der Waals surface area (Å²) >= 11 is 0. The van der Waals surface area contributed by atoms with Gasteiger partial charge >= 0.3 is 6.16 Å². The van der Waals surface area contributed by atoms with Gasteiger partial charge in [0.15, 0.2) is 0 Å². The highest BCUT2D eigenvalue weighted by molar-refractivity contribution is 5.59. The summed E-state index contributed by atoms with van der Waals surface area (Å²) in [6.07, 6.45) is 3.81. The molecule has 0 unspecified atom stereocenters. The summed E-state index contributed by atoms with van der Waals surface area (Å²) in [5.74, 6) is 0. The van der Waals surface area contributed by atoms with Crippen LogP contribution in [0.3, 0.4) is 0 Å². The average molecular weight is 199 g/mol. The number of hydrogen-bond acceptors (Lipinski definition) is 4. The number of rotatable bonds is 7. The van der Waals surface area contributed by atoms with Crippen LogP contribution in [-0.4, -0.2) is 19.4 Å². The minimum absolute atomic E-state index is 0.115. The zero-order chi connectivity index (χ0) is 10.6. The molecule has 0 saturated carbocycles. The average Bonchev–Trinajstić information content (AvgIpc) is 2.18. The van der Waals surface area contributed by atoms with Gasteiger partial charge < -0.3 is 9.47 Å². The molecule has 0 aliphatic heterocycles. The highest BCUT2D eigenvalue weighted by Crippen LogP contribution is 1.99. The van der Waals surface area contributed by atoms with E-state index in [4.69, 9.17) is 10.00 Å². The van der Waals surface area contributed by atoms with Crippen LogP contribution in [0, 0.1) is 11.3 Å². The SMILES string of the molecule is CCCCCCOC(=O)OCCC#N. The Kier molecular flexibility index (Phi) is 8.97. The van der Waals surface area contributed by atoms with E-state index in [2.05, 4.69) is 11.7 Å². The van der Waals surface area contributed by atoms with Gasteiger partial charge in [0.25, 0.3) is 0 Å². The monoisotopic (exact) mass is 199 g/mol. The largest absolute Gasteiger partial charge is 0.508 e. The Labute approximate surface area is 84.8 Å². The van der Waals surface area contributed by atoms with E-state index in [1.54, 1.807) is 0 Å². The van der Waals surface area contributed by atoms with Crippen LogP contribution in [0.5, 0.6) is 0 Å². The highest BCUT2D eigenvalue weighted by Gasteiger charge is 2.01. The lowest BCUT2D eigenvalue weighted by molar-refractivity contribution is 0.0556. The zero-order valence-corrected chi connectivity index (χ0v) is 8.62. The molecular formula is C10H17NO3. The fourth-order valence-electron chi connectivity index (χ4n) is 0.906. The Morgan fingerprint density at radius 3 is 2.57 bits per heavy atom. The van der Waals surface area contributed by atoms with Crippen molar-refractivity contribution in [1.29, 1.82) is 5.26 Å². The van der Waals surface area contributed by atoms with Crippen LogP contribution in [0.15, 0.2) is 0 Å². The second-order valence-corrected chi connectivity index (χ2v) is 2.92. The summed E-state index contributed by atoms with van der Waals surface area (Å²) in [6.45, 7) is 2.65. The third-order valence-electron chi connectivity index (χ3n) is 1.65. The van der Waals surface area contributed by atoms with Gasteiger partial charge in [0.2, 0.25) is 0 Å². The fraction of sp³-hybridized carbons (Fsp3) is 0.800. The van der Waals surface area contributed by atoms with E-state index in [1.807, 2.05) is 6.07 Å². The molecule has 0 amide bonds. The number of nitriles is 1. The van der Waals surface area contributed by atoms with Crippen LogP contribution in [0.2, 0.25) is 0 Å². The van der Waals surface area contributed by atoms with Crippen LogP contribution in [0.25, 0.3) is 0 Å². The van der Waals surface area contributed by atoms with Crippen molar-refractivity contribution < 1.29 is 14.3 Å². The molecule has 4 nitrogen and oxygen atoms in total. The quantitative estimate of drug-likeness (QED) is 0.467. The van der Waals surface area contributed by atoms with Crippen LogP contribution < -0.4 is 0 Å². The molecule has 0 N–H and O–H groups in total. The standard InChI is InChI=1S/C10H17NO3/c1-2-3-4-5-8-13-10(12)14-9-6-7-11/h2-6,8-9H2,1H3. The molecule has 0 rings (SSSR count). The Morgan fingerprint density at radius 1 is 1.21 bits per heavy atom. The number of unbranched alkanes of at least 4 members (excludes halogenated alkanes) is 3. The minimum atomic E-state index is -0.670. The first-order chi connectivity index (χ1) is 6.81. The second kappa shape index (κ2) is 9.85. The Balaban J connectivity index is 3.15. The molecule has 0 radical (unpaired) electrons. The predicted octanol–water partition coefficient (Wildman–Crippen LogP) is 2.63. The van der Waals surface area contributed by atoms with Gasteiger partial charge in [0.1, 0.15) is 6.61 Å². The number of nitrogens with zero attached hydrogens (tertiary/aromatic N) is 1. The van der Waals surface area contributed by atoms with E-state index in [0.717, 1.165) is 25.7 Å². The van der Waals surface area contributed by atoms with Crippen LogP contribution in [-0.2, 0) is 9.47 Å². The number of carbonyl (C=O) groups excluding carboxylic acids is 1. The summed E-state index contributed by atoms with van der Waals surface area (Å²) in [4.78, 5) is 10.8. The van der Waals surface area contributed by atoms with Crippen LogP contribution in [0.4, 0.5) is 4.79 Å². The van der Waals surface area contributed by atoms with E-state index in [-0.39, 0.29) is 13.0 Å². The minimum Gasteiger partial charge on any atom is -0.434 e. The summed E-state index contributed by atoms with van der Waals surface area (Å²) in [7, 11) is 0. The first-order valence-electron chi connectivity index (χ1n) is 4.97. The number of ether oxygens (including phenoxy) is 2. The summed E-state index contributed by atoms with van der Waals surface area (Å²) in [5, 5.41) is 8.17. The van der Waals surface area contributed by atoms with Crippen molar-refractivity contribution in [1.82, 2.24) is 0 Å². The predicted molar refractivity (Wildman–Crippen MR) is 51.7 cm³/mol. The summed E-state index contributed by atoms with van der Waals surface area (Å²) < 4.78 is 9.37. The molecule has 0 aliphatic carbocycles. The van der Waals surface area contributed by atoms with Gasteiger partial charge in [0.05, 0.1) is 19.1 Å². The molecule has 0 aromatic rings. The summed E-state index contributed by atoms with van der Waals surface area (Å²) in [5.41, 5.74) is 0. The smallest absolute Gasteiger partial charge is 0.434 e. The van der Waals surface area contributed by atoms with Gasteiger partial charge in [-0.05, 0) is 6.42 Å². The van der Waals surface area contributed by atoms with Crippen LogP contribution in [0.1, 0.15) is 39.0 Å². The van der Waals surface area contributed by atoms with Crippen molar-refractivity contribution in [2.75, 3.05) is 13.2 Å². The molecule has 0 heterocycles. The van der Waals surface area contributed by atoms with Crippen molar-refractivity contribution in [2.24, 2.45) is 0 Å². The van der Waals surface area contributed by atoms with Gasteiger partial charge in [-0.15, -0.1) is 0 Å². The Morgan fingerprint density at radius 2 is 1.93 bits per heavy atom. The maximum Gasteiger partial charge on any atom is 0.508 e. The maximum absolute atomic E-state index is 10.8. The van der Waals surface area contributed by atoms with Crippen molar-refractivity contribution in [3.63, 3.8) is 0 Å². The van der Waals surface area contributed by atoms with Crippen molar-refractivity contribution >= 4 is 6.16 Å². The van der Waals surface area contributed by atoms with Gasteiger partial charge in [-0.1, -0.05) is 26.2 Å². The molecule has 14 heavy (non-hydrogen) atoms. The molecule has 0 saturated heterocycles. The van der Waals surface area contributed by atoms with Crippen molar-refractivity contribution in [3.8, 4) is 6.07 Å². The van der Waals surface area contributed by atoms with Gasteiger partial charge in [-0.2, -0.15) is 5.26 Å². The molecular weight excluding hydrogens is 182 g/mol. The summed E-state index contributed by atoms with van der Waals surface area (Å²) in [6, 6.07) is 1.87. The molecule has 0 spiro atoms. The maximum atomic E-state index is 10.8. The molecule has 0 aliphatic rings. The first kappa shape index (κ1) is 12.8. The Bertz CT molecular complexity index is 186. The van der Waals surface area contributed by atoms with Gasteiger partial charge in [-0.25, -0.2) is 4.79 Å². The fourth-order valence-corrected chi connectivity index (χ4v) is 0.906. The molecule has 80 valence electrons. The Hall–Kier alpha value is -1.24. The molecule has 0 aromatic carbocycles. The third-order valence-corrected chi connectivity index (χ3v) is 1.65. The third kappa shape index (κ3) is 8.85. The van der Waals surface area contributed by atoms with Gasteiger partial charge in [-0.3, -0.25) is 0 Å². The van der Waals surface area contributed by atoms with E-state index in [9.17, 15) is 4.79 Å². The second-order valence-electron chi connectivity index (χ2n) is 2.92. The van der Waals surface area contributed by atoms with Crippen LogP contribution >= 0.6 is 0 Å². The van der Waals surface area contributed by atoms with E-state index < -0.39 is 6.16 Å². The number of carbonyl (C=O) groups is 1. The molecule has 0 aromatic heterocycles. The lowest BCUT2D eigenvalue weighted by atomic mass is 10.2. The normalized spacial score (nSPS) is 9.14. The lowest BCUT2D eigenvalue weighted by Crippen LogP contribution is -2.09.